The van der Waals surface area contributed by atoms with Gasteiger partial charge in [0.15, 0.2) is 0 Å². The van der Waals surface area contributed by atoms with Gasteiger partial charge in [0.25, 0.3) is 0 Å². The Labute approximate surface area is 197 Å². The van der Waals surface area contributed by atoms with E-state index in [0.717, 1.165) is 0 Å². The van der Waals surface area contributed by atoms with Crippen LogP contribution in [0.4, 0.5) is 5.95 Å². The second kappa shape index (κ2) is 8.16. The summed E-state index contributed by atoms with van der Waals surface area (Å²) >= 11 is 6.00. The van der Waals surface area contributed by atoms with Crippen LogP contribution in [0, 0.1) is 0 Å². The quantitative estimate of drug-likeness (QED) is 0.516. The molecule has 0 unspecified atom stereocenters. The summed E-state index contributed by atoms with van der Waals surface area (Å²) < 4.78 is 38.0. The van der Waals surface area contributed by atoms with Crippen molar-refractivity contribution in [1.82, 2.24) is 9.97 Å². The Kier molecular flexibility index (Phi) is 5.76. The Balaban J connectivity index is 1.84. The van der Waals surface area contributed by atoms with Crippen LogP contribution in [-0.4, -0.2) is 41.8 Å². The SMILES string of the molecule is COc1cccc(S(=O)(=O)c2ccc3c(c2)[C@@H](Nc2nccc(Cl)n2)[C@](C)(O)C(C)(C)O3)c1. The second-order valence-corrected chi connectivity index (χ2v) is 10.8. The number of halogens is 1. The van der Waals surface area contributed by atoms with E-state index >= 15 is 0 Å². The maximum Gasteiger partial charge on any atom is 0.224 e. The van der Waals surface area contributed by atoms with Crippen molar-refractivity contribution in [3.63, 3.8) is 0 Å². The number of hydrogen-bond donors (Lipinski definition) is 2. The number of hydrogen-bond acceptors (Lipinski definition) is 8. The van der Waals surface area contributed by atoms with Gasteiger partial charge in [-0.25, -0.2) is 18.4 Å². The van der Waals surface area contributed by atoms with Crippen LogP contribution in [0.15, 0.2) is 64.5 Å². The molecule has 2 aromatic carbocycles. The fraction of sp³-hybridized carbons (Fsp3) is 0.304. The van der Waals surface area contributed by atoms with E-state index in [2.05, 4.69) is 15.3 Å². The Morgan fingerprint density at radius 1 is 1.12 bits per heavy atom. The molecule has 0 spiro atoms. The summed E-state index contributed by atoms with van der Waals surface area (Å²) in [5.41, 5.74) is -2.03. The maximum atomic E-state index is 13.4. The summed E-state index contributed by atoms with van der Waals surface area (Å²) in [4.78, 5) is 8.46. The first-order valence-corrected chi connectivity index (χ1v) is 12.0. The van der Waals surface area contributed by atoms with Crippen molar-refractivity contribution < 1.29 is 23.0 Å². The molecule has 1 aromatic heterocycles. The lowest BCUT2D eigenvalue weighted by molar-refractivity contribution is -0.128. The molecule has 2 N–H and O–H groups in total. The molecule has 2 heterocycles. The summed E-state index contributed by atoms with van der Waals surface area (Å²) in [7, 11) is -2.40. The molecule has 10 heteroatoms. The summed E-state index contributed by atoms with van der Waals surface area (Å²) in [5.74, 6) is 1.06. The highest BCUT2D eigenvalue weighted by Crippen LogP contribution is 2.48. The van der Waals surface area contributed by atoms with Gasteiger partial charge >= 0.3 is 0 Å². The Morgan fingerprint density at radius 2 is 1.85 bits per heavy atom. The van der Waals surface area contributed by atoms with Crippen molar-refractivity contribution in [3.05, 3.63) is 65.4 Å². The number of methoxy groups -OCH3 is 1. The van der Waals surface area contributed by atoms with E-state index in [4.69, 9.17) is 21.1 Å². The number of anilines is 1. The summed E-state index contributed by atoms with van der Waals surface area (Å²) in [6.07, 6.45) is 1.49. The third-order valence-corrected chi connectivity index (χ3v) is 7.95. The van der Waals surface area contributed by atoms with Gasteiger partial charge in [0, 0.05) is 11.8 Å². The van der Waals surface area contributed by atoms with Crippen LogP contribution in [0.2, 0.25) is 5.15 Å². The molecule has 4 rings (SSSR count). The van der Waals surface area contributed by atoms with Gasteiger partial charge in [-0.2, -0.15) is 0 Å². The van der Waals surface area contributed by atoms with Crippen molar-refractivity contribution >= 4 is 27.4 Å². The normalized spacial score (nSPS) is 21.6. The molecule has 0 radical (unpaired) electrons. The fourth-order valence-corrected chi connectivity index (χ4v) is 5.17. The van der Waals surface area contributed by atoms with E-state index in [0.29, 0.717) is 17.1 Å². The highest BCUT2D eigenvalue weighted by Gasteiger charge is 2.53. The molecule has 0 fully saturated rings. The Hall–Kier alpha value is -2.88. The van der Waals surface area contributed by atoms with Gasteiger partial charge in [-0.1, -0.05) is 17.7 Å². The molecule has 0 saturated carbocycles. The number of nitrogens with one attached hydrogen (secondary N) is 1. The van der Waals surface area contributed by atoms with Gasteiger partial charge in [-0.05, 0) is 63.2 Å². The Morgan fingerprint density at radius 3 is 2.55 bits per heavy atom. The topological polar surface area (TPSA) is 111 Å². The van der Waals surface area contributed by atoms with Crippen molar-refractivity contribution in [1.29, 1.82) is 0 Å². The van der Waals surface area contributed by atoms with Crippen LogP contribution in [0.3, 0.4) is 0 Å². The summed E-state index contributed by atoms with van der Waals surface area (Å²) in [6.45, 7) is 5.12. The zero-order valence-electron chi connectivity index (χ0n) is 18.5. The first-order chi connectivity index (χ1) is 15.5. The van der Waals surface area contributed by atoms with Gasteiger partial charge in [-0.3, -0.25) is 0 Å². The number of benzene rings is 2. The number of rotatable bonds is 5. The van der Waals surface area contributed by atoms with Crippen molar-refractivity contribution in [2.45, 2.75) is 47.8 Å². The van der Waals surface area contributed by atoms with Crippen molar-refractivity contribution in [2.24, 2.45) is 0 Å². The van der Waals surface area contributed by atoms with E-state index in [9.17, 15) is 13.5 Å². The zero-order chi connectivity index (χ0) is 24.0. The molecule has 0 bridgehead atoms. The molecule has 2 atom stereocenters. The molecule has 174 valence electrons. The molecule has 1 aliphatic heterocycles. The minimum Gasteiger partial charge on any atom is -0.497 e. The maximum absolute atomic E-state index is 13.4. The highest BCUT2D eigenvalue weighted by atomic mass is 35.5. The molecule has 8 nitrogen and oxygen atoms in total. The molecule has 33 heavy (non-hydrogen) atoms. The third-order valence-electron chi connectivity index (χ3n) is 6.00. The van der Waals surface area contributed by atoms with Gasteiger partial charge in [-0.15, -0.1) is 0 Å². The third kappa shape index (κ3) is 4.12. The van der Waals surface area contributed by atoms with Crippen LogP contribution >= 0.6 is 11.6 Å². The molecule has 0 aliphatic carbocycles. The highest BCUT2D eigenvalue weighted by molar-refractivity contribution is 7.91. The van der Waals surface area contributed by atoms with E-state index in [1.807, 2.05) is 0 Å². The summed E-state index contributed by atoms with van der Waals surface area (Å²) in [5, 5.41) is 14.8. The van der Waals surface area contributed by atoms with Gasteiger partial charge in [0.05, 0.1) is 22.9 Å². The molecular formula is C23H24ClN3O5S. The average molecular weight is 490 g/mol. The van der Waals surface area contributed by atoms with Crippen molar-refractivity contribution in [2.75, 3.05) is 12.4 Å². The minimum absolute atomic E-state index is 0.0485. The lowest BCUT2D eigenvalue weighted by Gasteiger charge is -2.49. The van der Waals surface area contributed by atoms with Crippen molar-refractivity contribution in [3.8, 4) is 11.5 Å². The predicted octanol–water partition coefficient (Wildman–Crippen LogP) is 4.05. The number of sulfone groups is 1. The second-order valence-electron chi connectivity index (χ2n) is 8.42. The number of aliphatic hydroxyl groups is 1. The molecular weight excluding hydrogens is 466 g/mol. The van der Waals surface area contributed by atoms with E-state index in [1.165, 1.54) is 43.6 Å². The average Bonchev–Trinajstić information content (AvgIpc) is 2.76. The van der Waals surface area contributed by atoms with Crippen LogP contribution in [0.5, 0.6) is 11.5 Å². The van der Waals surface area contributed by atoms with E-state index < -0.39 is 27.1 Å². The largest absolute Gasteiger partial charge is 0.497 e. The van der Waals surface area contributed by atoms with Gasteiger partial charge in [0.2, 0.25) is 15.8 Å². The standard InChI is InChI=1S/C23H24ClN3O5S/c1-22(2)23(3,28)20(27-21-25-11-10-19(24)26-21)17-13-16(8-9-18(17)32-22)33(29,30)15-7-5-6-14(12-15)31-4/h5-13,20,28H,1-4H3,(H,25,26,27)/t20-,23+/m1/s1. The van der Waals surface area contributed by atoms with Crippen LogP contribution < -0.4 is 14.8 Å². The number of fused-ring (bicyclic) bond motifs is 1. The Bertz CT molecular complexity index is 1310. The van der Waals surface area contributed by atoms with Crippen LogP contribution in [0.1, 0.15) is 32.4 Å². The predicted molar refractivity (Wildman–Crippen MR) is 124 cm³/mol. The number of nitrogens with zero attached hydrogens (tertiary/aromatic N) is 2. The molecule has 0 amide bonds. The number of aromatic nitrogens is 2. The molecule has 3 aromatic rings. The lowest BCUT2D eigenvalue weighted by atomic mass is 9.75. The van der Waals surface area contributed by atoms with Gasteiger partial charge < -0.3 is 19.9 Å². The van der Waals surface area contributed by atoms with Gasteiger partial charge in [0.1, 0.15) is 27.9 Å². The number of ether oxygens (including phenoxy) is 2. The minimum atomic E-state index is -3.87. The fourth-order valence-electron chi connectivity index (χ4n) is 3.70. The van der Waals surface area contributed by atoms with E-state index in [1.54, 1.807) is 39.0 Å². The lowest BCUT2D eigenvalue weighted by Crippen LogP contribution is -2.60. The monoisotopic (exact) mass is 489 g/mol. The molecule has 0 saturated heterocycles. The van der Waals surface area contributed by atoms with Crippen LogP contribution in [-0.2, 0) is 9.84 Å². The molecule has 1 aliphatic rings. The smallest absolute Gasteiger partial charge is 0.224 e. The first-order valence-electron chi connectivity index (χ1n) is 10.2. The van der Waals surface area contributed by atoms with E-state index in [-0.39, 0.29) is 20.9 Å². The first kappa shape index (κ1) is 23.3. The van der Waals surface area contributed by atoms with Crippen LogP contribution in [0.25, 0.3) is 0 Å². The summed E-state index contributed by atoms with van der Waals surface area (Å²) in [6, 6.07) is 11.6. The zero-order valence-corrected chi connectivity index (χ0v) is 20.1.